The predicted molar refractivity (Wildman–Crippen MR) is 60.2 cm³/mol. The maximum absolute atomic E-state index is 11.3. The van der Waals surface area contributed by atoms with Gasteiger partial charge in [-0.2, -0.15) is 0 Å². The summed E-state index contributed by atoms with van der Waals surface area (Å²) in [5.74, 6) is 0.0976. The van der Waals surface area contributed by atoms with Crippen molar-refractivity contribution < 1.29 is 4.79 Å². The molecule has 1 fully saturated rings. The highest BCUT2D eigenvalue weighted by molar-refractivity contribution is 6.30. The van der Waals surface area contributed by atoms with Crippen molar-refractivity contribution in [2.24, 2.45) is 5.73 Å². The number of anilines is 1. The Morgan fingerprint density at radius 1 is 1.56 bits per heavy atom. The van der Waals surface area contributed by atoms with Crippen molar-refractivity contribution in [3.8, 4) is 0 Å². The molecule has 16 heavy (non-hydrogen) atoms. The van der Waals surface area contributed by atoms with E-state index in [2.05, 4.69) is 15.3 Å². The summed E-state index contributed by atoms with van der Waals surface area (Å²) >= 11 is 5.70. The number of nitrogens with one attached hydrogen (secondary N) is 1. The van der Waals surface area contributed by atoms with E-state index in [-0.39, 0.29) is 5.91 Å². The molecule has 0 radical (unpaired) electrons. The minimum atomic E-state index is -0.407. The van der Waals surface area contributed by atoms with Gasteiger partial charge < -0.3 is 16.0 Å². The quantitative estimate of drug-likeness (QED) is 0.722. The van der Waals surface area contributed by atoms with Crippen LogP contribution in [0, 0.1) is 0 Å². The van der Waals surface area contributed by atoms with Crippen molar-refractivity contribution in [3.63, 3.8) is 0 Å². The number of primary amides is 1. The molecule has 86 valence electrons. The van der Waals surface area contributed by atoms with Crippen molar-refractivity contribution in [3.05, 3.63) is 17.4 Å². The van der Waals surface area contributed by atoms with Crippen LogP contribution in [0.25, 0.3) is 0 Å². The smallest absolute Gasteiger partial charge is 0.241 e. The van der Waals surface area contributed by atoms with Crippen LogP contribution in [0.1, 0.15) is 0 Å². The largest absolute Gasteiger partial charge is 0.368 e. The van der Waals surface area contributed by atoms with E-state index in [0.717, 1.165) is 6.54 Å². The fraction of sp³-hybridized carbons (Fsp3) is 0.444. The fourth-order valence-corrected chi connectivity index (χ4v) is 1.75. The van der Waals surface area contributed by atoms with Gasteiger partial charge >= 0.3 is 0 Å². The lowest BCUT2D eigenvalue weighted by atomic mass is 10.2. The summed E-state index contributed by atoms with van der Waals surface area (Å²) in [6, 6.07) is -0.407. The molecule has 1 saturated heterocycles. The first-order chi connectivity index (χ1) is 7.68. The number of halogens is 1. The highest BCUT2D eigenvalue weighted by Crippen LogP contribution is 2.14. The third-order valence-corrected chi connectivity index (χ3v) is 2.63. The number of amides is 1. The lowest BCUT2D eigenvalue weighted by Crippen LogP contribution is -2.57. The summed E-state index contributed by atoms with van der Waals surface area (Å²) in [5, 5.41) is 3.57. The molecule has 0 saturated carbocycles. The number of carbonyl (C=O) groups is 1. The van der Waals surface area contributed by atoms with Crippen molar-refractivity contribution in [1.29, 1.82) is 0 Å². The van der Waals surface area contributed by atoms with Crippen molar-refractivity contribution in [2.45, 2.75) is 6.04 Å². The lowest BCUT2D eigenvalue weighted by molar-refractivity contribution is -0.119. The average Bonchev–Trinajstić information content (AvgIpc) is 2.30. The van der Waals surface area contributed by atoms with Gasteiger partial charge in [0.25, 0.3) is 0 Å². The standard InChI is InChI=1S/C9H12ClN5O/c10-6-3-13-9(14-4-6)15-2-1-12-5-7(15)8(11)16/h3-4,7,12H,1-2,5H2,(H2,11,16). The van der Waals surface area contributed by atoms with E-state index >= 15 is 0 Å². The maximum Gasteiger partial charge on any atom is 0.241 e. The fourth-order valence-electron chi connectivity index (χ4n) is 1.65. The zero-order valence-corrected chi connectivity index (χ0v) is 9.31. The summed E-state index contributed by atoms with van der Waals surface area (Å²) in [4.78, 5) is 21.2. The summed E-state index contributed by atoms with van der Waals surface area (Å²) in [6.45, 7) is 1.94. The molecule has 2 rings (SSSR count). The van der Waals surface area contributed by atoms with Gasteiger partial charge in [0, 0.05) is 19.6 Å². The zero-order valence-electron chi connectivity index (χ0n) is 8.56. The van der Waals surface area contributed by atoms with Crippen LogP contribution in [0.15, 0.2) is 12.4 Å². The Morgan fingerprint density at radius 2 is 2.25 bits per heavy atom. The number of rotatable bonds is 2. The second kappa shape index (κ2) is 4.63. The monoisotopic (exact) mass is 241 g/mol. The van der Waals surface area contributed by atoms with Gasteiger partial charge in [0.1, 0.15) is 6.04 Å². The van der Waals surface area contributed by atoms with Crippen LogP contribution < -0.4 is 16.0 Å². The average molecular weight is 242 g/mol. The molecular weight excluding hydrogens is 230 g/mol. The first-order valence-electron chi connectivity index (χ1n) is 4.92. The van der Waals surface area contributed by atoms with Gasteiger partial charge in [-0.25, -0.2) is 9.97 Å². The highest BCUT2D eigenvalue weighted by atomic mass is 35.5. The second-order valence-electron chi connectivity index (χ2n) is 3.52. The minimum absolute atomic E-state index is 0.384. The van der Waals surface area contributed by atoms with Gasteiger partial charge in [0.15, 0.2) is 0 Å². The molecule has 1 aromatic rings. The summed E-state index contributed by atoms with van der Waals surface area (Å²) in [6.07, 6.45) is 3.01. The van der Waals surface area contributed by atoms with E-state index in [1.807, 2.05) is 0 Å². The Bertz CT molecular complexity index is 382. The number of nitrogens with two attached hydrogens (primary N) is 1. The van der Waals surface area contributed by atoms with Crippen LogP contribution in [0.2, 0.25) is 5.02 Å². The van der Waals surface area contributed by atoms with E-state index in [1.54, 1.807) is 4.90 Å². The van der Waals surface area contributed by atoms with Crippen molar-refractivity contribution in [2.75, 3.05) is 24.5 Å². The topological polar surface area (TPSA) is 84.1 Å². The van der Waals surface area contributed by atoms with Gasteiger partial charge in [-0.1, -0.05) is 11.6 Å². The van der Waals surface area contributed by atoms with E-state index in [0.29, 0.717) is 24.1 Å². The van der Waals surface area contributed by atoms with E-state index in [9.17, 15) is 4.79 Å². The van der Waals surface area contributed by atoms with Gasteiger partial charge in [-0.3, -0.25) is 4.79 Å². The molecule has 2 heterocycles. The molecule has 0 aliphatic carbocycles. The van der Waals surface area contributed by atoms with Gasteiger partial charge in [0.05, 0.1) is 17.4 Å². The first kappa shape index (κ1) is 11.1. The molecule has 0 spiro atoms. The Hall–Kier alpha value is -1.40. The number of hydrogen-bond acceptors (Lipinski definition) is 5. The molecule has 7 heteroatoms. The molecule has 0 aromatic carbocycles. The Morgan fingerprint density at radius 3 is 2.88 bits per heavy atom. The molecule has 0 bridgehead atoms. The van der Waals surface area contributed by atoms with Crippen LogP contribution in [0.5, 0.6) is 0 Å². The molecule has 1 unspecified atom stereocenters. The van der Waals surface area contributed by atoms with Crippen LogP contribution in [-0.2, 0) is 4.79 Å². The number of hydrogen-bond donors (Lipinski definition) is 2. The lowest BCUT2D eigenvalue weighted by Gasteiger charge is -2.33. The van der Waals surface area contributed by atoms with Crippen molar-refractivity contribution >= 4 is 23.5 Å². The molecule has 1 amide bonds. The van der Waals surface area contributed by atoms with E-state index in [1.165, 1.54) is 12.4 Å². The number of carbonyl (C=O) groups excluding carboxylic acids is 1. The van der Waals surface area contributed by atoms with Crippen LogP contribution in [-0.4, -0.2) is 41.6 Å². The molecule has 1 aliphatic heterocycles. The van der Waals surface area contributed by atoms with Crippen molar-refractivity contribution in [1.82, 2.24) is 15.3 Å². The normalized spacial score (nSPS) is 20.8. The van der Waals surface area contributed by atoms with E-state index < -0.39 is 6.04 Å². The molecule has 1 atom stereocenters. The SMILES string of the molecule is NC(=O)C1CNCCN1c1ncc(Cl)cn1. The number of aromatic nitrogens is 2. The molecule has 3 N–H and O–H groups in total. The predicted octanol–water partition coefficient (Wildman–Crippen LogP) is -0.607. The molecular formula is C9H12ClN5O. The van der Waals surface area contributed by atoms with Gasteiger partial charge in [-0.05, 0) is 0 Å². The molecule has 1 aliphatic rings. The number of piperazine rings is 1. The van der Waals surface area contributed by atoms with Gasteiger partial charge in [-0.15, -0.1) is 0 Å². The first-order valence-corrected chi connectivity index (χ1v) is 5.30. The zero-order chi connectivity index (χ0) is 11.5. The third kappa shape index (κ3) is 2.23. The van der Waals surface area contributed by atoms with Gasteiger partial charge in [0.2, 0.25) is 11.9 Å². The highest BCUT2D eigenvalue weighted by Gasteiger charge is 2.28. The number of nitrogens with zero attached hydrogens (tertiary/aromatic N) is 3. The van der Waals surface area contributed by atoms with Crippen LogP contribution in [0.3, 0.4) is 0 Å². The summed E-state index contributed by atoms with van der Waals surface area (Å²) < 4.78 is 0. The Labute approximate surface area is 97.8 Å². The third-order valence-electron chi connectivity index (χ3n) is 2.44. The molecule has 1 aromatic heterocycles. The maximum atomic E-state index is 11.3. The molecule has 6 nitrogen and oxygen atoms in total. The van der Waals surface area contributed by atoms with E-state index in [4.69, 9.17) is 17.3 Å². The van der Waals surface area contributed by atoms with Crippen LogP contribution >= 0.6 is 11.6 Å². The minimum Gasteiger partial charge on any atom is -0.368 e. The summed E-state index contributed by atoms with van der Waals surface area (Å²) in [7, 11) is 0. The summed E-state index contributed by atoms with van der Waals surface area (Å²) in [5.41, 5.74) is 5.32. The van der Waals surface area contributed by atoms with Crippen LogP contribution in [0.4, 0.5) is 5.95 Å². The Balaban J connectivity index is 2.23. The Kier molecular flexibility index (Phi) is 3.21. The second-order valence-corrected chi connectivity index (χ2v) is 3.95.